The van der Waals surface area contributed by atoms with Crippen molar-refractivity contribution in [2.45, 2.75) is 4.90 Å². The average molecular weight is 318 g/mol. The van der Waals surface area contributed by atoms with Gasteiger partial charge in [0.2, 0.25) is 0 Å². The van der Waals surface area contributed by atoms with E-state index in [0.29, 0.717) is 10.5 Å². The average Bonchev–Trinajstić information content (AvgIpc) is 2.30. The summed E-state index contributed by atoms with van der Waals surface area (Å²) in [5.74, 6) is -0.458. The van der Waals surface area contributed by atoms with Crippen molar-refractivity contribution in [1.82, 2.24) is 4.90 Å². The number of thioether (sulfide) groups is 1. The fraction of sp³-hybridized carbons (Fsp3) is 0.273. The molecule has 0 aliphatic heterocycles. The van der Waals surface area contributed by atoms with Crippen LogP contribution in [0.2, 0.25) is 0 Å². The molecular formula is C11H12BrNO3S. The smallest absolute Gasteiger partial charge is 0.339 e. The van der Waals surface area contributed by atoms with Gasteiger partial charge in [0.25, 0.3) is 5.24 Å². The zero-order valence-electron chi connectivity index (χ0n) is 9.69. The first-order valence-electron chi connectivity index (χ1n) is 4.72. The van der Waals surface area contributed by atoms with E-state index in [4.69, 9.17) is 0 Å². The molecule has 0 spiro atoms. The number of halogens is 1. The number of nitrogens with zero attached hydrogens (tertiary/aromatic N) is 1. The van der Waals surface area contributed by atoms with Gasteiger partial charge >= 0.3 is 5.97 Å². The number of methoxy groups -OCH3 is 1. The van der Waals surface area contributed by atoms with Gasteiger partial charge in [0, 0.05) is 23.5 Å². The Morgan fingerprint density at radius 3 is 2.53 bits per heavy atom. The van der Waals surface area contributed by atoms with Gasteiger partial charge in [0.15, 0.2) is 0 Å². The molecule has 4 nitrogen and oxygen atoms in total. The van der Waals surface area contributed by atoms with Crippen LogP contribution in [0.3, 0.4) is 0 Å². The Labute approximate surface area is 112 Å². The van der Waals surface area contributed by atoms with Crippen molar-refractivity contribution in [2.24, 2.45) is 0 Å². The Hall–Kier alpha value is -1.01. The molecule has 0 unspecified atom stereocenters. The molecule has 0 aliphatic carbocycles. The number of rotatable bonds is 2. The maximum Gasteiger partial charge on any atom is 0.339 e. The predicted octanol–water partition coefficient (Wildman–Crippen LogP) is 3.01. The van der Waals surface area contributed by atoms with E-state index in [2.05, 4.69) is 20.7 Å². The number of amides is 1. The topological polar surface area (TPSA) is 46.6 Å². The van der Waals surface area contributed by atoms with E-state index in [1.165, 1.54) is 12.0 Å². The maximum atomic E-state index is 11.6. The first-order chi connectivity index (χ1) is 7.95. The van der Waals surface area contributed by atoms with Gasteiger partial charge in [-0.3, -0.25) is 4.79 Å². The van der Waals surface area contributed by atoms with E-state index >= 15 is 0 Å². The number of carbonyl (C=O) groups excluding carboxylic acids is 2. The summed E-state index contributed by atoms with van der Waals surface area (Å²) in [5.41, 5.74) is 0.377. The van der Waals surface area contributed by atoms with Gasteiger partial charge in [-0.2, -0.15) is 0 Å². The Balaban J connectivity index is 3.06. The molecular weight excluding hydrogens is 306 g/mol. The van der Waals surface area contributed by atoms with Crippen LogP contribution in [0.4, 0.5) is 4.79 Å². The molecule has 1 rings (SSSR count). The van der Waals surface area contributed by atoms with Crippen LogP contribution in [0.25, 0.3) is 0 Å². The van der Waals surface area contributed by atoms with Crippen molar-refractivity contribution in [3.63, 3.8) is 0 Å². The van der Waals surface area contributed by atoms with E-state index in [9.17, 15) is 9.59 Å². The first-order valence-corrected chi connectivity index (χ1v) is 6.33. The largest absolute Gasteiger partial charge is 0.465 e. The van der Waals surface area contributed by atoms with Gasteiger partial charge in [-0.1, -0.05) is 15.9 Å². The summed E-state index contributed by atoms with van der Waals surface area (Å²) in [4.78, 5) is 25.2. The molecule has 0 atom stereocenters. The van der Waals surface area contributed by atoms with Crippen LogP contribution in [-0.2, 0) is 4.74 Å². The van der Waals surface area contributed by atoms with Crippen molar-refractivity contribution < 1.29 is 14.3 Å². The molecule has 0 fully saturated rings. The lowest BCUT2D eigenvalue weighted by molar-refractivity contribution is 0.0596. The van der Waals surface area contributed by atoms with Crippen molar-refractivity contribution in [1.29, 1.82) is 0 Å². The lowest BCUT2D eigenvalue weighted by Gasteiger charge is -2.11. The van der Waals surface area contributed by atoms with E-state index in [1.807, 2.05) is 0 Å². The molecule has 6 heteroatoms. The fourth-order valence-electron chi connectivity index (χ4n) is 1.05. The zero-order chi connectivity index (χ0) is 13.0. The Morgan fingerprint density at radius 1 is 1.35 bits per heavy atom. The van der Waals surface area contributed by atoms with Gasteiger partial charge < -0.3 is 9.64 Å². The third-order valence-electron chi connectivity index (χ3n) is 1.91. The minimum absolute atomic E-state index is 0.141. The summed E-state index contributed by atoms with van der Waals surface area (Å²) in [6.07, 6.45) is 0. The first kappa shape index (κ1) is 14.1. The summed E-state index contributed by atoms with van der Waals surface area (Å²) in [7, 11) is 4.63. The van der Waals surface area contributed by atoms with Crippen molar-refractivity contribution in [2.75, 3.05) is 21.2 Å². The summed E-state index contributed by atoms with van der Waals surface area (Å²) < 4.78 is 5.44. The standard InChI is InChI=1S/C11H12BrNO3S/c1-13(2)11(15)17-9-5-4-7(12)6-8(9)10(14)16-3/h4-6H,1-3H3. The molecule has 17 heavy (non-hydrogen) atoms. The second-order valence-corrected chi connectivity index (χ2v) is 5.30. The molecule has 0 heterocycles. The summed E-state index contributed by atoms with van der Waals surface area (Å²) >= 11 is 4.27. The molecule has 0 radical (unpaired) electrons. The lowest BCUT2D eigenvalue weighted by atomic mass is 10.2. The fourth-order valence-corrected chi connectivity index (χ4v) is 2.17. The summed E-state index contributed by atoms with van der Waals surface area (Å²) in [6.45, 7) is 0. The zero-order valence-corrected chi connectivity index (χ0v) is 12.1. The predicted molar refractivity (Wildman–Crippen MR) is 70.4 cm³/mol. The molecule has 1 aromatic rings. The Morgan fingerprint density at radius 2 is 2.00 bits per heavy atom. The molecule has 1 aromatic carbocycles. The van der Waals surface area contributed by atoms with Crippen LogP contribution in [0.15, 0.2) is 27.6 Å². The third-order valence-corrected chi connectivity index (χ3v) is 3.52. The van der Waals surface area contributed by atoms with Crippen molar-refractivity contribution in [3.05, 3.63) is 28.2 Å². The molecule has 0 aromatic heterocycles. The molecule has 0 N–H and O–H groups in total. The highest BCUT2D eigenvalue weighted by molar-refractivity contribution is 9.10. The van der Waals surface area contributed by atoms with Gasteiger partial charge in [-0.15, -0.1) is 0 Å². The Bertz CT molecular complexity index is 448. The monoisotopic (exact) mass is 317 g/mol. The maximum absolute atomic E-state index is 11.6. The highest BCUT2D eigenvalue weighted by Crippen LogP contribution is 2.28. The molecule has 0 saturated heterocycles. The molecule has 0 bridgehead atoms. The number of benzene rings is 1. The highest BCUT2D eigenvalue weighted by atomic mass is 79.9. The lowest BCUT2D eigenvalue weighted by Crippen LogP contribution is -2.16. The summed E-state index contributed by atoms with van der Waals surface area (Å²) in [5, 5.41) is -0.141. The van der Waals surface area contributed by atoms with Crippen LogP contribution in [0, 0.1) is 0 Å². The SMILES string of the molecule is COC(=O)c1cc(Br)ccc1SC(=O)N(C)C. The van der Waals surface area contributed by atoms with Gasteiger partial charge in [-0.05, 0) is 30.0 Å². The summed E-state index contributed by atoms with van der Waals surface area (Å²) in [6, 6.07) is 5.12. The van der Waals surface area contributed by atoms with Crippen LogP contribution in [0.5, 0.6) is 0 Å². The van der Waals surface area contributed by atoms with Crippen molar-refractivity contribution >= 4 is 38.9 Å². The quantitative estimate of drug-likeness (QED) is 0.621. The normalized spacial score (nSPS) is 9.88. The van der Waals surface area contributed by atoms with E-state index in [1.54, 1.807) is 32.3 Å². The molecule has 92 valence electrons. The minimum atomic E-state index is -0.458. The van der Waals surface area contributed by atoms with Crippen LogP contribution >= 0.6 is 27.7 Å². The second kappa shape index (κ2) is 6.07. The highest BCUT2D eigenvalue weighted by Gasteiger charge is 2.16. The van der Waals surface area contributed by atoms with Crippen LogP contribution < -0.4 is 0 Å². The van der Waals surface area contributed by atoms with Crippen LogP contribution in [0.1, 0.15) is 10.4 Å². The van der Waals surface area contributed by atoms with Crippen LogP contribution in [-0.4, -0.2) is 37.3 Å². The van der Waals surface area contributed by atoms with E-state index in [-0.39, 0.29) is 5.24 Å². The molecule has 0 aliphatic rings. The number of esters is 1. The minimum Gasteiger partial charge on any atom is -0.465 e. The van der Waals surface area contributed by atoms with Gasteiger partial charge in [0.05, 0.1) is 12.7 Å². The Kier molecular flexibility index (Phi) is 5.02. The number of hydrogen-bond acceptors (Lipinski definition) is 4. The number of hydrogen-bond donors (Lipinski definition) is 0. The molecule has 1 amide bonds. The van der Waals surface area contributed by atoms with Gasteiger partial charge in [0.1, 0.15) is 0 Å². The van der Waals surface area contributed by atoms with E-state index < -0.39 is 5.97 Å². The van der Waals surface area contributed by atoms with E-state index in [0.717, 1.165) is 16.2 Å². The number of ether oxygens (including phenoxy) is 1. The number of carbonyl (C=O) groups is 2. The van der Waals surface area contributed by atoms with Crippen molar-refractivity contribution in [3.8, 4) is 0 Å². The third kappa shape index (κ3) is 3.74. The second-order valence-electron chi connectivity index (χ2n) is 3.39. The van der Waals surface area contributed by atoms with Gasteiger partial charge in [-0.25, -0.2) is 4.79 Å². The molecule has 0 saturated carbocycles.